The third-order valence-electron chi connectivity index (χ3n) is 5.58. The fourth-order valence-corrected chi connectivity index (χ4v) is 4.15. The van der Waals surface area contributed by atoms with E-state index >= 15 is 0 Å². The highest BCUT2D eigenvalue weighted by molar-refractivity contribution is 4.90. The van der Waals surface area contributed by atoms with Crippen LogP contribution in [0.5, 0.6) is 0 Å². The molecule has 0 radical (unpaired) electrons. The minimum absolute atomic E-state index is 0.579. The molecule has 0 bridgehead atoms. The maximum absolute atomic E-state index is 5.86. The minimum Gasteiger partial charge on any atom is -0.271 e. The third-order valence-corrected chi connectivity index (χ3v) is 5.58. The molecule has 0 heterocycles. The molecule has 0 aromatic heterocycles. The highest BCUT2D eigenvalue weighted by Crippen LogP contribution is 2.41. The molecular weight excluding hydrogens is 208 g/mol. The number of hydrogen-bond donors (Lipinski definition) is 2. The van der Waals surface area contributed by atoms with E-state index < -0.39 is 0 Å². The van der Waals surface area contributed by atoms with E-state index in [9.17, 15) is 0 Å². The Morgan fingerprint density at radius 2 is 1.53 bits per heavy atom. The van der Waals surface area contributed by atoms with E-state index in [1.54, 1.807) is 0 Å². The number of rotatable bonds is 3. The molecule has 2 nitrogen and oxygen atoms in total. The van der Waals surface area contributed by atoms with Gasteiger partial charge in [-0.3, -0.25) is 11.3 Å². The lowest BCUT2D eigenvalue weighted by Gasteiger charge is -2.39. The predicted molar refractivity (Wildman–Crippen MR) is 73.3 cm³/mol. The molecule has 2 aliphatic rings. The highest BCUT2D eigenvalue weighted by Gasteiger charge is 2.36. The molecule has 100 valence electrons. The average Bonchev–Trinajstić information content (AvgIpc) is 2.71. The van der Waals surface area contributed by atoms with Crippen molar-refractivity contribution in [2.24, 2.45) is 35.4 Å². The zero-order valence-electron chi connectivity index (χ0n) is 11.8. The number of hydrazine groups is 1. The molecule has 2 rings (SSSR count). The SMILES string of the molecule is CC1CCC(C(NN)C2CCC(C)C(C)C2)C1. The molecule has 0 aromatic rings. The normalized spacial score (nSPS) is 44.8. The van der Waals surface area contributed by atoms with E-state index in [2.05, 4.69) is 26.2 Å². The van der Waals surface area contributed by atoms with Crippen molar-refractivity contribution in [1.82, 2.24) is 5.43 Å². The first kappa shape index (κ1) is 13.4. The first-order chi connectivity index (χ1) is 8.11. The van der Waals surface area contributed by atoms with Crippen LogP contribution in [0.1, 0.15) is 59.3 Å². The van der Waals surface area contributed by atoms with Gasteiger partial charge in [0, 0.05) is 6.04 Å². The smallest absolute Gasteiger partial charge is 0.0267 e. The second-order valence-corrected chi connectivity index (χ2v) is 6.90. The van der Waals surface area contributed by atoms with Crippen LogP contribution in [0.2, 0.25) is 0 Å². The Kier molecular flexibility index (Phi) is 4.48. The van der Waals surface area contributed by atoms with Crippen LogP contribution in [0.4, 0.5) is 0 Å². The van der Waals surface area contributed by atoms with Crippen molar-refractivity contribution >= 4 is 0 Å². The Bertz CT molecular complexity index is 241. The maximum atomic E-state index is 5.86. The van der Waals surface area contributed by atoms with Crippen molar-refractivity contribution in [3.63, 3.8) is 0 Å². The van der Waals surface area contributed by atoms with Gasteiger partial charge in [0.2, 0.25) is 0 Å². The minimum atomic E-state index is 0.579. The summed E-state index contributed by atoms with van der Waals surface area (Å²) < 4.78 is 0. The lowest BCUT2D eigenvalue weighted by Crippen LogP contribution is -2.47. The summed E-state index contributed by atoms with van der Waals surface area (Å²) >= 11 is 0. The van der Waals surface area contributed by atoms with Gasteiger partial charge in [0.05, 0.1) is 0 Å². The topological polar surface area (TPSA) is 38.0 Å². The van der Waals surface area contributed by atoms with Gasteiger partial charge in [-0.2, -0.15) is 0 Å². The van der Waals surface area contributed by atoms with Crippen LogP contribution in [0, 0.1) is 29.6 Å². The quantitative estimate of drug-likeness (QED) is 0.584. The Balaban J connectivity index is 1.94. The van der Waals surface area contributed by atoms with Gasteiger partial charge in [-0.15, -0.1) is 0 Å². The first-order valence-electron chi connectivity index (χ1n) is 7.58. The van der Waals surface area contributed by atoms with Crippen LogP contribution in [-0.4, -0.2) is 6.04 Å². The molecule has 2 fully saturated rings. The van der Waals surface area contributed by atoms with Gasteiger partial charge in [-0.05, 0) is 55.3 Å². The molecule has 2 saturated carbocycles. The van der Waals surface area contributed by atoms with Gasteiger partial charge in [0.15, 0.2) is 0 Å². The van der Waals surface area contributed by atoms with Crippen molar-refractivity contribution in [2.45, 2.75) is 65.3 Å². The maximum Gasteiger partial charge on any atom is 0.0267 e. The van der Waals surface area contributed by atoms with Gasteiger partial charge >= 0.3 is 0 Å². The largest absolute Gasteiger partial charge is 0.271 e. The highest BCUT2D eigenvalue weighted by atomic mass is 15.2. The molecule has 17 heavy (non-hydrogen) atoms. The molecule has 0 amide bonds. The zero-order valence-corrected chi connectivity index (χ0v) is 11.8. The summed E-state index contributed by atoms with van der Waals surface area (Å²) in [6, 6.07) is 0.579. The van der Waals surface area contributed by atoms with Gasteiger partial charge < -0.3 is 0 Å². The fourth-order valence-electron chi connectivity index (χ4n) is 4.15. The molecule has 2 heteroatoms. The van der Waals surface area contributed by atoms with Gasteiger partial charge in [-0.25, -0.2) is 0 Å². The second kappa shape index (κ2) is 5.71. The summed E-state index contributed by atoms with van der Waals surface area (Å²) in [5.41, 5.74) is 3.17. The van der Waals surface area contributed by atoms with Crippen LogP contribution >= 0.6 is 0 Å². The lowest BCUT2D eigenvalue weighted by molar-refractivity contribution is 0.140. The van der Waals surface area contributed by atoms with E-state index in [0.29, 0.717) is 6.04 Å². The number of nitrogens with one attached hydrogen (secondary N) is 1. The van der Waals surface area contributed by atoms with Gasteiger partial charge in [0.1, 0.15) is 0 Å². The molecule has 0 spiro atoms. The van der Waals surface area contributed by atoms with Gasteiger partial charge in [-0.1, -0.05) is 33.6 Å². The zero-order chi connectivity index (χ0) is 12.4. The lowest BCUT2D eigenvalue weighted by atomic mass is 9.70. The van der Waals surface area contributed by atoms with Crippen LogP contribution in [-0.2, 0) is 0 Å². The monoisotopic (exact) mass is 238 g/mol. The summed E-state index contributed by atoms with van der Waals surface area (Å²) in [6.45, 7) is 7.21. The molecule has 3 N–H and O–H groups in total. The Morgan fingerprint density at radius 3 is 2.06 bits per heavy atom. The summed E-state index contributed by atoms with van der Waals surface area (Å²) in [7, 11) is 0. The van der Waals surface area contributed by atoms with E-state index in [-0.39, 0.29) is 0 Å². The Morgan fingerprint density at radius 1 is 0.882 bits per heavy atom. The Labute approximate surface area is 107 Å². The predicted octanol–water partition coefficient (Wildman–Crippen LogP) is 3.33. The average molecular weight is 238 g/mol. The van der Waals surface area contributed by atoms with Crippen molar-refractivity contribution < 1.29 is 0 Å². The van der Waals surface area contributed by atoms with Crippen LogP contribution in [0.25, 0.3) is 0 Å². The second-order valence-electron chi connectivity index (χ2n) is 6.90. The van der Waals surface area contributed by atoms with Crippen LogP contribution in [0.3, 0.4) is 0 Å². The first-order valence-corrected chi connectivity index (χ1v) is 7.58. The van der Waals surface area contributed by atoms with Crippen molar-refractivity contribution in [3.8, 4) is 0 Å². The van der Waals surface area contributed by atoms with Gasteiger partial charge in [0.25, 0.3) is 0 Å². The summed E-state index contributed by atoms with van der Waals surface area (Å²) in [6.07, 6.45) is 8.33. The van der Waals surface area contributed by atoms with E-state index in [0.717, 1.165) is 29.6 Å². The molecule has 6 atom stereocenters. The van der Waals surface area contributed by atoms with Crippen LogP contribution < -0.4 is 11.3 Å². The van der Waals surface area contributed by atoms with Crippen molar-refractivity contribution in [3.05, 3.63) is 0 Å². The molecule has 0 aliphatic heterocycles. The van der Waals surface area contributed by atoms with Crippen molar-refractivity contribution in [2.75, 3.05) is 0 Å². The standard InChI is InChI=1S/C15H30N2/c1-10-4-6-13(8-10)15(17-16)14-7-5-11(2)12(3)9-14/h10-15,17H,4-9,16H2,1-3H3. The molecule has 0 aromatic carbocycles. The molecule has 6 unspecified atom stereocenters. The molecular formula is C15H30N2. The van der Waals surface area contributed by atoms with Crippen molar-refractivity contribution in [1.29, 1.82) is 0 Å². The summed E-state index contributed by atoms with van der Waals surface area (Å²) in [4.78, 5) is 0. The summed E-state index contributed by atoms with van der Waals surface area (Å²) in [5, 5.41) is 0. The van der Waals surface area contributed by atoms with Crippen LogP contribution in [0.15, 0.2) is 0 Å². The number of nitrogens with two attached hydrogens (primary N) is 1. The van der Waals surface area contributed by atoms with E-state index in [4.69, 9.17) is 5.84 Å². The fraction of sp³-hybridized carbons (Fsp3) is 1.00. The summed E-state index contributed by atoms with van der Waals surface area (Å²) in [5.74, 6) is 10.2. The van der Waals surface area contributed by atoms with E-state index in [1.165, 1.54) is 38.5 Å². The Hall–Kier alpha value is -0.0800. The molecule has 2 aliphatic carbocycles. The number of hydrogen-bond acceptors (Lipinski definition) is 2. The van der Waals surface area contributed by atoms with E-state index in [1.807, 2.05) is 0 Å². The third kappa shape index (κ3) is 3.03. The molecule has 0 saturated heterocycles.